The van der Waals surface area contributed by atoms with E-state index in [9.17, 15) is 13.2 Å². The van der Waals surface area contributed by atoms with Gasteiger partial charge in [0.05, 0.1) is 15.6 Å². The van der Waals surface area contributed by atoms with Crippen LogP contribution in [-0.4, -0.2) is 40.6 Å². The molecule has 1 amide bonds. The minimum Gasteiger partial charge on any atom is -0.382 e. The molecule has 2 aromatic rings. The lowest BCUT2D eigenvalue weighted by Gasteiger charge is -2.25. The number of carbonyl (C=O) groups excluding carboxylic acids is 1. The topological polar surface area (TPSA) is 75.7 Å². The van der Waals surface area contributed by atoms with Gasteiger partial charge in [0.15, 0.2) is 0 Å². The van der Waals surface area contributed by atoms with E-state index in [2.05, 4.69) is 5.32 Å². The molecule has 152 valence electrons. The molecule has 0 bridgehead atoms. The molecule has 0 heterocycles. The number of nitrogens with one attached hydrogen (secondary N) is 1. The van der Waals surface area contributed by atoms with Gasteiger partial charge in [-0.05, 0) is 44.5 Å². The SMILES string of the molecule is CCOCCCNC(=O)CN(c1ccccc1Cl)S(=O)(=O)c1ccc(C)cc1. The van der Waals surface area contributed by atoms with Gasteiger partial charge in [0.1, 0.15) is 6.54 Å². The van der Waals surface area contributed by atoms with Gasteiger partial charge in [0.25, 0.3) is 10.0 Å². The Morgan fingerprint density at radius 2 is 1.82 bits per heavy atom. The van der Waals surface area contributed by atoms with Crippen molar-refractivity contribution in [2.75, 3.05) is 30.6 Å². The Hall–Kier alpha value is -2.09. The van der Waals surface area contributed by atoms with E-state index in [1.54, 1.807) is 36.4 Å². The van der Waals surface area contributed by atoms with Gasteiger partial charge in [0.2, 0.25) is 5.91 Å². The number of para-hydroxylation sites is 1. The Balaban J connectivity index is 2.24. The molecule has 0 saturated carbocycles. The average Bonchev–Trinajstić information content (AvgIpc) is 2.67. The molecule has 0 spiro atoms. The predicted molar refractivity (Wildman–Crippen MR) is 111 cm³/mol. The molecule has 0 fully saturated rings. The van der Waals surface area contributed by atoms with Crippen LogP contribution in [0.4, 0.5) is 5.69 Å². The summed E-state index contributed by atoms with van der Waals surface area (Å²) in [6, 6.07) is 13.0. The lowest BCUT2D eigenvalue weighted by atomic mass is 10.2. The molecule has 1 N–H and O–H groups in total. The largest absolute Gasteiger partial charge is 0.382 e. The van der Waals surface area contributed by atoms with Crippen molar-refractivity contribution in [2.24, 2.45) is 0 Å². The number of rotatable bonds is 10. The van der Waals surface area contributed by atoms with Gasteiger partial charge in [-0.15, -0.1) is 0 Å². The van der Waals surface area contributed by atoms with E-state index in [1.165, 1.54) is 12.1 Å². The summed E-state index contributed by atoms with van der Waals surface area (Å²) in [6.07, 6.45) is 0.649. The number of anilines is 1. The van der Waals surface area contributed by atoms with Crippen molar-refractivity contribution in [3.05, 3.63) is 59.1 Å². The maximum absolute atomic E-state index is 13.2. The van der Waals surface area contributed by atoms with Crippen LogP contribution in [0, 0.1) is 6.92 Å². The fourth-order valence-electron chi connectivity index (χ4n) is 2.52. The number of sulfonamides is 1. The lowest BCUT2D eigenvalue weighted by Crippen LogP contribution is -2.41. The standard InChI is InChI=1S/C20H25ClN2O4S/c1-3-27-14-6-13-22-20(24)15-23(19-8-5-4-7-18(19)21)28(25,26)17-11-9-16(2)10-12-17/h4-5,7-12H,3,6,13-15H2,1-2H3,(H,22,24). The molecule has 0 aliphatic carbocycles. The molecule has 0 radical (unpaired) electrons. The van der Waals surface area contributed by atoms with Gasteiger partial charge >= 0.3 is 0 Å². The monoisotopic (exact) mass is 424 g/mol. The third-order valence-electron chi connectivity index (χ3n) is 4.01. The van der Waals surface area contributed by atoms with Crippen molar-refractivity contribution < 1.29 is 17.9 Å². The van der Waals surface area contributed by atoms with Crippen LogP contribution in [0.15, 0.2) is 53.4 Å². The highest BCUT2D eigenvalue weighted by atomic mass is 35.5. The number of ether oxygens (including phenoxy) is 1. The second-order valence-electron chi connectivity index (χ2n) is 6.18. The smallest absolute Gasteiger partial charge is 0.264 e. The Bertz CT molecular complexity index is 885. The fourth-order valence-corrected chi connectivity index (χ4v) is 4.25. The lowest BCUT2D eigenvalue weighted by molar-refractivity contribution is -0.119. The van der Waals surface area contributed by atoms with Crippen molar-refractivity contribution in [1.82, 2.24) is 5.32 Å². The molecule has 0 unspecified atom stereocenters. The maximum Gasteiger partial charge on any atom is 0.264 e. The molecule has 0 aliphatic heterocycles. The van der Waals surface area contributed by atoms with Crippen LogP contribution >= 0.6 is 11.6 Å². The molecule has 28 heavy (non-hydrogen) atoms. The number of amides is 1. The first-order chi connectivity index (χ1) is 13.4. The first kappa shape index (κ1) is 22.2. The van der Waals surface area contributed by atoms with E-state index in [0.717, 1.165) is 9.87 Å². The summed E-state index contributed by atoms with van der Waals surface area (Å²) in [5, 5.41) is 2.98. The summed E-state index contributed by atoms with van der Waals surface area (Å²) in [5.74, 6) is -0.410. The zero-order chi connectivity index (χ0) is 20.6. The molecule has 2 aromatic carbocycles. The van der Waals surface area contributed by atoms with Gasteiger partial charge in [-0.3, -0.25) is 9.10 Å². The minimum absolute atomic E-state index is 0.0992. The Kier molecular flexibility index (Phi) is 8.29. The third kappa shape index (κ3) is 5.95. The van der Waals surface area contributed by atoms with Gasteiger partial charge < -0.3 is 10.1 Å². The van der Waals surface area contributed by atoms with Crippen LogP contribution in [0.3, 0.4) is 0 Å². The summed E-state index contributed by atoms with van der Waals surface area (Å²) in [7, 11) is -3.96. The van der Waals surface area contributed by atoms with E-state index in [1.807, 2.05) is 13.8 Å². The highest BCUT2D eigenvalue weighted by molar-refractivity contribution is 7.92. The van der Waals surface area contributed by atoms with Crippen molar-refractivity contribution in [3.8, 4) is 0 Å². The molecule has 0 atom stereocenters. The second-order valence-corrected chi connectivity index (χ2v) is 8.45. The highest BCUT2D eigenvalue weighted by Crippen LogP contribution is 2.30. The van der Waals surface area contributed by atoms with Crippen molar-refractivity contribution in [2.45, 2.75) is 25.2 Å². The van der Waals surface area contributed by atoms with Gasteiger partial charge in [-0.2, -0.15) is 0 Å². The van der Waals surface area contributed by atoms with Crippen LogP contribution in [-0.2, 0) is 19.6 Å². The Morgan fingerprint density at radius 3 is 2.46 bits per heavy atom. The quantitative estimate of drug-likeness (QED) is 0.593. The molecular formula is C20H25ClN2O4S. The maximum atomic E-state index is 13.2. The van der Waals surface area contributed by atoms with Crippen LogP contribution in [0.1, 0.15) is 18.9 Å². The number of nitrogens with zero attached hydrogens (tertiary/aromatic N) is 1. The number of halogens is 1. The minimum atomic E-state index is -3.96. The highest BCUT2D eigenvalue weighted by Gasteiger charge is 2.28. The summed E-state index contributed by atoms with van der Waals surface area (Å²) in [4.78, 5) is 12.5. The molecule has 0 saturated heterocycles. The first-order valence-electron chi connectivity index (χ1n) is 9.04. The van der Waals surface area contributed by atoms with E-state index < -0.39 is 15.9 Å². The zero-order valence-electron chi connectivity index (χ0n) is 16.0. The van der Waals surface area contributed by atoms with E-state index in [4.69, 9.17) is 16.3 Å². The number of aryl methyl sites for hydroxylation is 1. The predicted octanol–water partition coefficient (Wildman–Crippen LogP) is 3.39. The average molecular weight is 425 g/mol. The molecule has 0 aliphatic rings. The van der Waals surface area contributed by atoms with Crippen LogP contribution in [0.25, 0.3) is 0 Å². The first-order valence-corrected chi connectivity index (χ1v) is 10.9. The van der Waals surface area contributed by atoms with Crippen LogP contribution in [0.5, 0.6) is 0 Å². The summed E-state index contributed by atoms with van der Waals surface area (Å²) >= 11 is 6.23. The normalized spacial score (nSPS) is 11.2. The fraction of sp³-hybridized carbons (Fsp3) is 0.350. The molecule has 8 heteroatoms. The molecule has 2 rings (SSSR count). The molecule has 0 aromatic heterocycles. The van der Waals surface area contributed by atoms with Crippen molar-refractivity contribution in [1.29, 1.82) is 0 Å². The summed E-state index contributed by atoms with van der Waals surface area (Å²) in [6.45, 7) is 4.96. The van der Waals surface area contributed by atoms with Crippen molar-refractivity contribution in [3.63, 3.8) is 0 Å². The second kappa shape index (κ2) is 10.5. The van der Waals surface area contributed by atoms with Gasteiger partial charge in [0, 0.05) is 19.8 Å². The van der Waals surface area contributed by atoms with E-state index >= 15 is 0 Å². The Labute approximate surface area is 171 Å². The summed E-state index contributed by atoms with van der Waals surface area (Å²) in [5.41, 5.74) is 1.20. The van der Waals surface area contributed by atoms with Gasteiger partial charge in [-0.25, -0.2) is 8.42 Å². The van der Waals surface area contributed by atoms with Crippen LogP contribution < -0.4 is 9.62 Å². The molecular weight excluding hydrogens is 400 g/mol. The Morgan fingerprint density at radius 1 is 1.14 bits per heavy atom. The van der Waals surface area contributed by atoms with Crippen molar-refractivity contribution >= 4 is 33.2 Å². The third-order valence-corrected chi connectivity index (χ3v) is 6.10. The number of hydrogen-bond acceptors (Lipinski definition) is 4. The van der Waals surface area contributed by atoms with Gasteiger partial charge in [-0.1, -0.05) is 41.4 Å². The van der Waals surface area contributed by atoms with Crippen LogP contribution in [0.2, 0.25) is 5.02 Å². The summed E-state index contributed by atoms with van der Waals surface area (Å²) < 4.78 is 32.7. The number of benzene rings is 2. The van der Waals surface area contributed by atoms with E-state index in [-0.39, 0.29) is 22.2 Å². The molecule has 6 nitrogen and oxygen atoms in total. The number of hydrogen-bond donors (Lipinski definition) is 1. The van der Waals surface area contributed by atoms with E-state index in [0.29, 0.717) is 26.2 Å². The number of carbonyl (C=O) groups is 1. The zero-order valence-corrected chi connectivity index (χ0v) is 17.6.